The van der Waals surface area contributed by atoms with Gasteiger partial charge in [-0.3, -0.25) is 4.40 Å². The van der Waals surface area contributed by atoms with Crippen LogP contribution in [0.15, 0.2) is 48.7 Å². The van der Waals surface area contributed by atoms with Crippen molar-refractivity contribution in [2.45, 2.75) is 6.92 Å². The molecular weight excluding hydrogens is 232 g/mol. The molecule has 84 valence electrons. The molecule has 0 amide bonds. The fraction of sp³-hybridized carbons (Fsp3) is 0.0714. The van der Waals surface area contributed by atoms with Crippen molar-refractivity contribution in [3.05, 3.63) is 59.4 Å². The number of aromatic nitrogens is 2. The molecule has 3 heteroatoms. The highest BCUT2D eigenvalue weighted by molar-refractivity contribution is 6.30. The van der Waals surface area contributed by atoms with Crippen LogP contribution in [0.1, 0.15) is 5.56 Å². The maximum Gasteiger partial charge on any atom is 0.145 e. The van der Waals surface area contributed by atoms with Gasteiger partial charge in [-0.15, -0.1) is 0 Å². The van der Waals surface area contributed by atoms with E-state index in [0.29, 0.717) is 5.15 Å². The lowest BCUT2D eigenvalue weighted by Gasteiger charge is -2.06. The highest BCUT2D eigenvalue weighted by atomic mass is 35.5. The quantitative estimate of drug-likeness (QED) is 0.591. The Morgan fingerprint density at radius 2 is 1.88 bits per heavy atom. The van der Waals surface area contributed by atoms with Gasteiger partial charge >= 0.3 is 0 Å². The SMILES string of the molecule is Cc1ccccc1-c1ncc2cccc(Cl)n12. The molecule has 2 aromatic heterocycles. The first kappa shape index (κ1) is 10.4. The van der Waals surface area contributed by atoms with E-state index in [-0.39, 0.29) is 0 Å². The molecule has 3 aromatic rings. The number of hydrogen-bond acceptors (Lipinski definition) is 1. The maximum atomic E-state index is 6.23. The van der Waals surface area contributed by atoms with Crippen LogP contribution >= 0.6 is 11.6 Å². The first-order chi connectivity index (χ1) is 8.27. The molecule has 0 aliphatic rings. The summed E-state index contributed by atoms with van der Waals surface area (Å²) in [6.45, 7) is 2.08. The van der Waals surface area contributed by atoms with E-state index in [1.165, 1.54) is 5.56 Å². The van der Waals surface area contributed by atoms with Gasteiger partial charge < -0.3 is 0 Å². The second-order valence-corrected chi connectivity index (χ2v) is 4.39. The van der Waals surface area contributed by atoms with Gasteiger partial charge in [0.2, 0.25) is 0 Å². The Labute approximate surface area is 104 Å². The Morgan fingerprint density at radius 3 is 2.71 bits per heavy atom. The largest absolute Gasteiger partial charge is 0.283 e. The molecule has 0 N–H and O–H groups in total. The molecule has 0 radical (unpaired) electrons. The Bertz CT molecular complexity index is 686. The van der Waals surface area contributed by atoms with Gasteiger partial charge in [0.15, 0.2) is 0 Å². The average Bonchev–Trinajstić information content (AvgIpc) is 2.75. The van der Waals surface area contributed by atoms with Crippen LogP contribution in [-0.4, -0.2) is 9.38 Å². The number of aryl methyl sites for hydroxylation is 1. The Balaban J connectivity index is 2.36. The van der Waals surface area contributed by atoms with E-state index in [2.05, 4.69) is 24.0 Å². The lowest BCUT2D eigenvalue weighted by atomic mass is 10.1. The van der Waals surface area contributed by atoms with Crippen LogP contribution in [0, 0.1) is 6.92 Å². The third-order valence-electron chi connectivity index (χ3n) is 2.89. The summed E-state index contributed by atoms with van der Waals surface area (Å²) in [5.41, 5.74) is 3.32. The van der Waals surface area contributed by atoms with Gasteiger partial charge in [0.05, 0.1) is 11.7 Å². The number of pyridine rings is 1. The summed E-state index contributed by atoms with van der Waals surface area (Å²) < 4.78 is 1.96. The highest BCUT2D eigenvalue weighted by Crippen LogP contribution is 2.25. The van der Waals surface area contributed by atoms with Crippen LogP contribution in [0.3, 0.4) is 0 Å². The number of benzene rings is 1. The van der Waals surface area contributed by atoms with Crippen molar-refractivity contribution in [3.63, 3.8) is 0 Å². The van der Waals surface area contributed by atoms with E-state index in [0.717, 1.165) is 16.9 Å². The summed E-state index contributed by atoms with van der Waals surface area (Å²) in [6.07, 6.45) is 1.84. The van der Waals surface area contributed by atoms with Crippen molar-refractivity contribution in [2.75, 3.05) is 0 Å². The zero-order valence-corrected chi connectivity index (χ0v) is 10.1. The molecule has 0 spiro atoms. The second-order valence-electron chi connectivity index (χ2n) is 4.01. The van der Waals surface area contributed by atoms with Crippen LogP contribution in [0.5, 0.6) is 0 Å². The summed E-state index contributed by atoms with van der Waals surface area (Å²) in [5.74, 6) is 0.892. The van der Waals surface area contributed by atoms with Gasteiger partial charge in [-0.1, -0.05) is 41.9 Å². The fourth-order valence-corrected chi connectivity index (χ4v) is 2.27. The van der Waals surface area contributed by atoms with Crippen molar-refractivity contribution in [1.29, 1.82) is 0 Å². The number of hydrogen-bond donors (Lipinski definition) is 0. The van der Waals surface area contributed by atoms with E-state index in [9.17, 15) is 0 Å². The van der Waals surface area contributed by atoms with Crippen molar-refractivity contribution < 1.29 is 0 Å². The first-order valence-corrected chi connectivity index (χ1v) is 5.83. The predicted molar refractivity (Wildman–Crippen MR) is 70.4 cm³/mol. The van der Waals surface area contributed by atoms with E-state index in [4.69, 9.17) is 11.6 Å². The van der Waals surface area contributed by atoms with Crippen LogP contribution in [0.2, 0.25) is 5.15 Å². The first-order valence-electron chi connectivity index (χ1n) is 5.45. The minimum absolute atomic E-state index is 0.679. The Kier molecular flexibility index (Phi) is 2.37. The predicted octanol–water partition coefficient (Wildman–Crippen LogP) is 3.96. The monoisotopic (exact) mass is 242 g/mol. The smallest absolute Gasteiger partial charge is 0.145 e. The lowest BCUT2D eigenvalue weighted by Crippen LogP contribution is -1.92. The van der Waals surface area contributed by atoms with Crippen LogP contribution in [0.25, 0.3) is 16.9 Å². The standard InChI is InChI=1S/C14H11ClN2/c1-10-5-2-3-7-12(10)14-16-9-11-6-4-8-13(15)17(11)14/h2-9H,1H3. The molecule has 17 heavy (non-hydrogen) atoms. The highest BCUT2D eigenvalue weighted by Gasteiger charge is 2.10. The summed E-state index contributed by atoms with van der Waals surface area (Å²) >= 11 is 6.23. The van der Waals surface area contributed by atoms with E-state index in [1.54, 1.807) is 0 Å². The maximum absolute atomic E-state index is 6.23. The fourth-order valence-electron chi connectivity index (χ4n) is 2.02. The molecule has 1 aromatic carbocycles. The van der Waals surface area contributed by atoms with Gasteiger partial charge in [-0.05, 0) is 24.6 Å². The number of nitrogens with zero attached hydrogens (tertiary/aromatic N) is 2. The Hall–Kier alpha value is -1.80. The topological polar surface area (TPSA) is 17.3 Å². The van der Waals surface area contributed by atoms with E-state index in [1.807, 2.05) is 40.9 Å². The van der Waals surface area contributed by atoms with Gasteiger partial charge in [0.25, 0.3) is 0 Å². The molecule has 0 fully saturated rings. The normalized spacial score (nSPS) is 10.9. The van der Waals surface area contributed by atoms with Crippen molar-refractivity contribution in [3.8, 4) is 11.4 Å². The van der Waals surface area contributed by atoms with Crippen LogP contribution in [0.4, 0.5) is 0 Å². The molecule has 0 aliphatic carbocycles. The summed E-state index contributed by atoms with van der Waals surface area (Å²) in [6, 6.07) is 14.0. The number of halogens is 1. The van der Waals surface area contributed by atoms with Crippen LogP contribution < -0.4 is 0 Å². The zero-order chi connectivity index (χ0) is 11.8. The molecule has 2 heterocycles. The van der Waals surface area contributed by atoms with Gasteiger partial charge in [-0.25, -0.2) is 4.98 Å². The molecule has 0 bridgehead atoms. The second kappa shape index (κ2) is 3.90. The lowest BCUT2D eigenvalue weighted by molar-refractivity contribution is 1.15. The number of rotatable bonds is 1. The minimum Gasteiger partial charge on any atom is -0.283 e. The molecule has 0 saturated heterocycles. The molecule has 0 atom stereocenters. The van der Waals surface area contributed by atoms with E-state index < -0.39 is 0 Å². The zero-order valence-electron chi connectivity index (χ0n) is 9.39. The molecule has 3 rings (SSSR count). The number of fused-ring (bicyclic) bond motifs is 1. The Morgan fingerprint density at radius 1 is 1.06 bits per heavy atom. The molecular formula is C14H11ClN2. The van der Waals surface area contributed by atoms with Crippen molar-refractivity contribution >= 4 is 17.1 Å². The summed E-state index contributed by atoms with van der Waals surface area (Å²) in [5, 5.41) is 0.679. The van der Waals surface area contributed by atoms with E-state index >= 15 is 0 Å². The summed E-state index contributed by atoms with van der Waals surface area (Å²) in [4.78, 5) is 4.47. The van der Waals surface area contributed by atoms with Gasteiger partial charge in [-0.2, -0.15) is 0 Å². The molecule has 2 nitrogen and oxygen atoms in total. The average molecular weight is 243 g/mol. The molecule has 0 saturated carbocycles. The van der Waals surface area contributed by atoms with Gasteiger partial charge in [0, 0.05) is 5.56 Å². The van der Waals surface area contributed by atoms with Crippen molar-refractivity contribution in [2.24, 2.45) is 0 Å². The van der Waals surface area contributed by atoms with Crippen LogP contribution in [-0.2, 0) is 0 Å². The molecule has 0 unspecified atom stereocenters. The third kappa shape index (κ3) is 1.61. The van der Waals surface area contributed by atoms with Gasteiger partial charge in [0.1, 0.15) is 11.0 Å². The minimum atomic E-state index is 0.679. The number of imidazole rings is 1. The van der Waals surface area contributed by atoms with Crippen molar-refractivity contribution in [1.82, 2.24) is 9.38 Å². The summed E-state index contributed by atoms with van der Waals surface area (Å²) in [7, 11) is 0. The third-order valence-corrected chi connectivity index (χ3v) is 3.18. The molecule has 0 aliphatic heterocycles.